The van der Waals surface area contributed by atoms with Crippen molar-refractivity contribution in [2.45, 2.75) is 0 Å². The Morgan fingerprint density at radius 3 is 2.50 bits per heavy atom. The molecule has 2 aromatic rings. The van der Waals surface area contributed by atoms with Gasteiger partial charge >= 0.3 is 0 Å². The van der Waals surface area contributed by atoms with Crippen molar-refractivity contribution in [2.75, 3.05) is 0 Å². The van der Waals surface area contributed by atoms with Crippen LogP contribution in [0.25, 0.3) is 0 Å². The van der Waals surface area contributed by atoms with Crippen LogP contribution in [0.4, 0.5) is 8.78 Å². The van der Waals surface area contributed by atoms with Crippen LogP contribution < -0.4 is 4.74 Å². The molecule has 2 aromatic carbocycles. The number of halogens is 3. The highest BCUT2D eigenvalue weighted by molar-refractivity contribution is 9.10. The lowest BCUT2D eigenvalue weighted by molar-refractivity contribution is 0.474. The van der Waals surface area contributed by atoms with Crippen LogP contribution in [0.3, 0.4) is 0 Å². The summed E-state index contributed by atoms with van der Waals surface area (Å²) in [5, 5.41) is 8.70. The van der Waals surface area contributed by atoms with Gasteiger partial charge in [-0.3, -0.25) is 0 Å². The molecular formula is C13H6BrF2NO. The quantitative estimate of drug-likeness (QED) is 0.824. The van der Waals surface area contributed by atoms with E-state index in [-0.39, 0.29) is 15.8 Å². The Labute approximate surface area is 111 Å². The number of nitrogens with zero attached hydrogens (tertiary/aromatic N) is 1. The second-order valence-electron chi connectivity index (χ2n) is 3.47. The summed E-state index contributed by atoms with van der Waals surface area (Å²) in [6.07, 6.45) is 0. The van der Waals surface area contributed by atoms with Crippen LogP contribution >= 0.6 is 15.9 Å². The van der Waals surface area contributed by atoms with Crippen LogP contribution in [0.5, 0.6) is 11.5 Å². The monoisotopic (exact) mass is 309 g/mol. The molecule has 0 spiro atoms. The lowest BCUT2D eigenvalue weighted by Crippen LogP contribution is -1.88. The predicted octanol–water partition coefficient (Wildman–Crippen LogP) is 4.39. The maximum atomic E-state index is 13.2. The van der Waals surface area contributed by atoms with Crippen molar-refractivity contribution in [2.24, 2.45) is 0 Å². The van der Waals surface area contributed by atoms with Gasteiger partial charge in [-0.2, -0.15) is 5.26 Å². The van der Waals surface area contributed by atoms with Crippen LogP contribution in [0.1, 0.15) is 5.56 Å². The Balaban J connectivity index is 2.31. The first-order chi connectivity index (χ1) is 8.58. The highest BCUT2D eigenvalue weighted by Gasteiger charge is 2.05. The molecule has 0 heterocycles. The summed E-state index contributed by atoms with van der Waals surface area (Å²) in [5.41, 5.74) is 0.158. The molecule has 0 atom stereocenters. The molecule has 0 saturated carbocycles. The largest absolute Gasteiger partial charge is 0.457 e. The highest BCUT2D eigenvalue weighted by Crippen LogP contribution is 2.27. The molecule has 0 unspecified atom stereocenters. The van der Waals surface area contributed by atoms with Crippen molar-refractivity contribution in [1.82, 2.24) is 0 Å². The van der Waals surface area contributed by atoms with Crippen molar-refractivity contribution in [3.63, 3.8) is 0 Å². The molecule has 2 nitrogen and oxygen atoms in total. The van der Waals surface area contributed by atoms with Gasteiger partial charge in [0.25, 0.3) is 0 Å². The Kier molecular flexibility index (Phi) is 3.58. The Bertz CT molecular complexity index is 637. The van der Waals surface area contributed by atoms with Gasteiger partial charge in [-0.15, -0.1) is 0 Å². The van der Waals surface area contributed by atoms with Crippen LogP contribution in [0.2, 0.25) is 0 Å². The van der Waals surface area contributed by atoms with Gasteiger partial charge in [0.05, 0.1) is 16.1 Å². The minimum atomic E-state index is -0.565. The Morgan fingerprint density at radius 2 is 1.83 bits per heavy atom. The first-order valence-corrected chi connectivity index (χ1v) is 5.71. The number of hydrogen-bond acceptors (Lipinski definition) is 2. The van der Waals surface area contributed by atoms with Gasteiger partial charge in [0, 0.05) is 6.07 Å². The van der Waals surface area contributed by atoms with Crippen molar-refractivity contribution >= 4 is 15.9 Å². The smallest absolute Gasteiger partial charge is 0.137 e. The Morgan fingerprint density at radius 1 is 1.06 bits per heavy atom. The van der Waals surface area contributed by atoms with Crippen molar-refractivity contribution < 1.29 is 13.5 Å². The maximum Gasteiger partial charge on any atom is 0.137 e. The molecule has 0 saturated heterocycles. The summed E-state index contributed by atoms with van der Waals surface area (Å²) in [6.45, 7) is 0. The maximum absolute atomic E-state index is 13.2. The summed E-state index contributed by atoms with van der Waals surface area (Å²) in [5.74, 6) is -0.452. The number of rotatable bonds is 2. The lowest BCUT2D eigenvalue weighted by Gasteiger charge is -2.07. The fourth-order valence-electron chi connectivity index (χ4n) is 1.36. The van der Waals surface area contributed by atoms with Crippen LogP contribution in [0, 0.1) is 23.0 Å². The van der Waals surface area contributed by atoms with Gasteiger partial charge in [-0.1, -0.05) is 0 Å². The highest BCUT2D eigenvalue weighted by atomic mass is 79.9. The second-order valence-corrected chi connectivity index (χ2v) is 4.32. The van der Waals surface area contributed by atoms with E-state index >= 15 is 0 Å². The normalized spacial score (nSPS) is 9.89. The van der Waals surface area contributed by atoms with E-state index < -0.39 is 11.6 Å². The number of benzene rings is 2. The molecular weight excluding hydrogens is 304 g/mol. The molecule has 5 heteroatoms. The molecule has 0 aliphatic carbocycles. The average Bonchev–Trinajstić information content (AvgIpc) is 2.33. The second kappa shape index (κ2) is 5.15. The first kappa shape index (κ1) is 12.5. The summed E-state index contributed by atoms with van der Waals surface area (Å²) in [6, 6.07) is 9.55. The fourth-order valence-corrected chi connectivity index (χ4v) is 1.72. The van der Waals surface area contributed by atoms with Crippen LogP contribution in [-0.4, -0.2) is 0 Å². The van der Waals surface area contributed by atoms with Crippen molar-refractivity contribution in [3.8, 4) is 17.6 Å². The van der Waals surface area contributed by atoms with Gasteiger partial charge in [0.15, 0.2) is 0 Å². The minimum absolute atomic E-state index is 0.158. The standard InChI is InChI=1S/C13H6BrF2NO/c14-12-6-10(1-2-13(12)16)18-11-4-8(7-17)3-9(15)5-11/h1-6H. The predicted molar refractivity (Wildman–Crippen MR) is 65.3 cm³/mol. The molecule has 0 aliphatic rings. The average molecular weight is 310 g/mol. The fraction of sp³-hybridized carbons (Fsp3) is 0. The summed E-state index contributed by atoms with van der Waals surface area (Å²) in [4.78, 5) is 0. The molecule has 0 bridgehead atoms. The SMILES string of the molecule is N#Cc1cc(F)cc(Oc2ccc(F)c(Br)c2)c1. The molecule has 2 rings (SSSR count). The van der Waals surface area contributed by atoms with E-state index in [1.54, 1.807) is 0 Å². The molecule has 0 aromatic heterocycles. The third-order valence-electron chi connectivity index (χ3n) is 2.13. The van der Waals surface area contributed by atoms with Gasteiger partial charge in [0.1, 0.15) is 23.1 Å². The van der Waals surface area contributed by atoms with Crippen LogP contribution in [-0.2, 0) is 0 Å². The molecule has 0 fully saturated rings. The number of hydrogen-bond donors (Lipinski definition) is 0. The minimum Gasteiger partial charge on any atom is -0.457 e. The summed E-state index contributed by atoms with van der Waals surface area (Å²) < 4.78 is 31.8. The number of nitriles is 1. The van der Waals surface area contributed by atoms with E-state index in [9.17, 15) is 8.78 Å². The zero-order valence-corrected chi connectivity index (χ0v) is 10.5. The molecule has 0 N–H and O–H groups in total. The van der Waals surface area contributed by atoms with Gasteiger partial charge < -0.3 is 4.74 Å². The molecule has 90 valence electrons. The zero-order valence-electron chi connectivity index (χ0n) is 8.95. The molecule has 0 radical (unpaired) electrons. The van der Waals surface area contributed by atoms with E-state index in [0.717, 1.165) is 12.1 Å². The third kappa shape index (κ3) is 2.84. The van der Waals surface area contributed by atoms with Crippen LogP contribution in [0.15, 0.2) is 40.9 Å². The zero-order chi connectivity index (χ0) is 13.1. The Hall–Kier alpha value is -1.93. The van der Waals surface area contributed by atoms with Gasteiger partial charge in [0.2, 0.25) is 0 Å². The van der Waals surface area contributed by atoms with E-state index in [1.165, 1.54) is 24.3 Å². The third-order valence-corrected chi connectivity index (χ3v) is 2.73. The van der Waals surface area contributed by atoms with Crippen molar-refractivity contribution in [1.29, 1.82) is 5.26 Å². The number of ether oxygens (including phenoxy) is 1. The van der Waals surface area contributed by atoms with E-state index in [0.29, 0.717) is 5.75 Å². The van der Waals surface area contributed by atoms with Crippen molar-refractivity contribution in [3.05, 3.63) is 58.1 Å². The van der Waals surface area contributed by atoms with E-state index in [4.69, 9.17) is 10.00 Å². The molecule has 0 amide bonds. The topological polar surface area (TPSA) is 33.0 Å². The molecule has 18 heavy (non-hydrogen) atoms. The van der Waals surface area contributed by atoms with Gasteiger partial charge in [-0.05, 0) is 46.3 Å². The van der Waals surface area contributed by atoms with E-state index in [2.05, 4.69) is 15.9 Å². The summed E-state index contributed by atoms with van der Waals surface area (Å²) in [7, 11) is 0. The lowest BCUT2D eigenvalue weighted by atomic mass is 10.2. The first-order valence-electron chi connectivity index (χ1n) is 4.92. The van der Waals surface area contributed by atoms with E-state index in [1.807, 2.05) is 6.07 Å². The molecule has 0 aliphatic heterocycles. The summed E-state index contributed by atoms with van der Waals surface area (Å²) >= 11 is 3.02. The van der Waals surface area contributed by atoms with Gasteiger partial charge in [-0.25, -0.2) is 8.78 Å².